The molecule has 1 saturated heterocycles. The fourth-order valence-corrected chi connectivity index (χ4v) is 1.92. The van der Waals surface area contributed by atoms with Crippen LogP contribution in [0, 0.1) is 6.92 Å². The molecule has 92 valence electrons. The van der Waals surface area contributed by atoms with E-state index in [0.717, 1.165) is 18.8 Å². The van der Waals surface area contributed by atoms with Crippen LogP contribution in [0.15, 0.2) is 12.3 Å². The molecule has 1 fully saturated rings. The fraction of sp³-hybridized carbons (Fsp3) is 0.545. The molecule has 1 aliphatic rings. The first-order valence-electron chi connectivity index (χ1n) is 5.71. The second-order valence-electron chi connectivity index (χ2n) is 4.03. The average molecular weight is 235 g/mol. The maximum absolute atomic E-state index is 11.8. The van der Waals surface area contributed by atoms with E-state index >= 15 is 0 Å². The van der Waals surface area contributed by atoms with Gasteiger partial charge in [0.1, 0.15) is 6.04 Å². The Morgan fingerprint density at radius 3 is 3.18 bits per heavy atom. The van der Waals surface area contributed by atoms with Gasteiger partial charge in [0.15, 0.2) is 0 Å². The Bertz CT molecular complexity index is 409. The van der Waals surface area contributed by atoms with Crippen LogP contribution in [0.25, 0.3) is 0 Å². The number of hydrogen-bond acceptors (Lipinski definition) is 5. The Morgan fingerprint density at radius 2 is 2.47 bits per heavy atom. The summed E-state index contributed by atoms with van der Waals surface area (Å²) in [7, 11) is 1.65. The lowest BCUT2D eigenvalue weighted by Gasteiger charge is -2.34. The number of nitrogens with zero attached hydrogens (tertiary/aromatic N) is 3. The molecule has 0 spiro atoms. The first-order valence-corrected chi connectivity index (χ1v) is 5.71. The predicted molar refractivity (Wildman–Crippen MR) is 64.8 cm³/mol. The molecule has 1 amide bonds. The largest absolute Gasteiger partial charge is 0.357 e. The Kier molecular flexibility index (Phi) is 3.53. The van der Waals surface area contributed by atoms with Crippen molar-refractivity contribution in [3.63, 3.8) is 0 Å². The summed E-state index contributed by atoms with van der Waals surface area (Å²) in [4.78, 5) is 22.3. The molecule has 1 aromatic heterocycles. The summed E-state index contributed by atoms with van der Waals surface area (Å²) in [5.41, 5.74) is 0.907. The molecule has 1 unspecified atom stereocenters. The second-order valence-corrected chi connectivity index (χ2v) is 4.03. The van der Waals surface area contributed by atoms with Crippen molar-refractivity contribution in [3.8, 4) is 0 Å². The van der Waals surface area contributed by atoms with E-state index in [2.05, 4.69) is 20.6 Å². The van der Waals surface area contributed by atoms with E-state index in [-0.39, 0.29) is 11.9 Å². The summed E-state index contributed by atoms with van der Waals surface area (Å²) in [5.74, 6) is 0.613. The summed E-state index contributed by atoms with van der Waals surface area (Å²) in [6.45, 7) is 4.12. The average Bonchev–Trinajstić information content (AvgIpc) is 2.38. The highest BCUT2D eigenvalue weighted by atomic mass is 16.2. The van der Waals surface area contributed by atoms with Gasteiger partial charge < -0.3 is 15.5 Å². The molecule has 1 atom stereocenters. The van der Waals surface area contributed by atoms with Crippen LogP contribution in [0.4, 0.5) is 5.95 Å². The third kappa shape index (κ3) is 2.52. The summed E-state index contributed by atoms with van der Waals surface area (Å²) in [6, 6.07) is 1.61. The number of nitrogens with one attached hydrogen (secondary N) is 2. The molecule has 6 nitrogen and oxygen atoms in total. The molecule has 0 aliphatic carbocycles. The van der Waals surface area contributed by atoms with Gasteiger partial charge in [0, 0.05) is 38.6 Å². The number of aryl methyl sites for hydroxylation is 1. The van der Waals surface area contributed by atoms with Crippen molar-refractivity contribution in [2.45, 2.75) is 13.0 Å². The van der Waals surface area contributed by atoms with Gasteiger partial charge in [-0.05, 0) is 13.0 Å². The first kappa shape index (κ1) is 11.8. The van der Waals surface area contributed by atoms with Gasteiger partial charge >= 0.3 is 0 Å². The number of anilines is 1. The van der Waals surface area contributed by atoms with E-state index in [9.17, 15) is 4.79 Å². The van der Waals surface area contributed by atoms with E-state index in [1.807, 2.05) is 17.9 Å². The van der Waals surface area contributed by atoms with Crippen LogP contribution in [-0.2, 0) is 4.79 Å². The summed E-state index contributed by atoms with van der Waals surface area (Å²) in [5, 5.41) is 5.88. The minimum absolute atomic E-state index is 0.0118. The SMILES string of the molecule is CNC(=O)C1CNCCN1c1nccc(C)n1. The molecule has 0 aromatic carbocycles. The zero-order valence-corrected chi connectivity index (χ0v) is 10.1. The molecular weight excluding hydrogens is 218 g/mol. The topological polar surface area (TPSA) is 70.2 Å². The lowest BCUT2D eigenvalue weighted by molar-refractivity contribution is -0.122. The molecule has 0 radical (unpaired) electrons. The zero-order chi connectivity index (χ0) is 12.3. The number of amides is 1. The van der Waals surface area contributed by atoms with Crippen LogP contribution in [0.1, 0.15) is 5.69 Å². The van der Waals surface area contributed by atoms with Gasteiger partial charge in [-0.2, -0.15) is 0 Å². The third-order valence-electron chi connectivity index (χ3n) is 2.83. The smallest absolute Gasteiger partial charge is 0.243 e. The van der Waals surface area contributed by atoms with E-state index in [4.69, 9.17) is 0 Å². The van der Waals surface area contributed by atoms with Crippen molar-refractivity contribution in [1.82, 2.24) is 20.6 Å². The molecule has 6 heteroatoms. The van der Waals surface area contributed by atoms with Crippen LogP contribution in [0.2, 0.25) is 0 Å². The van der Waals surface area contributed by atoms with Gasteiger partial charge in [-0.25, -0.2) is 9.97 Å². The van der Waals surface area contributed by atoms with E-state index in [0.29, 0.717) is 12.5 Å². The van der Waals surface area contributed by atoms with Gasteiger partial charge in [0.25, 0.3) is 0 Å². The molecule has 1 aromatic rings. The zero-order valence-electron chi connectivity index (χ0n) is 10.1. The number of carbonyl (C=O) groups excluding carboxylic acids is 1. The quantitative estimate of drug-likeness (QED) is 0.710. The van der Waals surface area contributed by atoms with Gasteiger partial charge in [-0.15, -0.1) is 0 Å². The first-order chi connectivity index (χ1) is 8.22. The van der Waals surface area contributed by atoms with E-state index in [1.54, 1.807) is 13.2 Å². The van der Waals surface area contributed by atoms with Crippen molar-refractivity contribution in [3.05, 3.63) is 18.0 Å². The van der Waals surface area contributed by atoms with Gasteiger partial charge in [0.2, 0.25) is 11.9 Å². The number of likely N-dealkylation sites (N-methyl/N-ethyl adjacent to an activating group) is 1. The highest BCUT2D eigenvalue weighted by Crippen LogP contribution is 2.13. The molecule has 17 heavy (non-hydrogen) atoms. The van der Waals surface area contributed by atoms with Crippen molar-refractivity contribution >= 4 is 11.9 Å². The monoisotopic (exact) mass is 235 g/mol. The number of carbonyl (C=O) groups is 1. The lowest BCUT2D eigenvalue weighted by atomic mass is 10.2. The van der Waals surface area contributed by atoms with Crippen LogP contribution >= 0.6 is 0 Å². The second kappa shape index (κ2) is 5.09. The molecular formula is C11H17N5O. The molecule has 2 N–H and O–H groups in total. The minimum atomic E-state index is -0.240. The molecule has 1 aliphatic heterocycles. The van der Waals surface area contributed by atoms with Crippen molar-refractivity contribution < 1.29 is 4.79 Å². The molecule has 2 rings (SSSR count). The highest BCUT2D eigenvalue weighted by Gasteiger charge is 2.29. The van der Waals surface area contributed by atoms with Crippen LogP contribution in [-0.4, -0.2) is 48.6 Å². The standard InChI is InChI=1S/C11H17N5O/c1-8-3-4-14-11(15-8)16-6-5-13-7-9(16)10(17)12-2/h3-4,9,13H,5-7H2,1-2H3,(H,12,17). The fourth-order valence-electron chi connectivity index (χ4n) is 1.92. The molecule has 0 bridgehead atoms. The van der Waals surface area contributed by atoms with Crippen molar-refractivity contribution in [1.29, 1.82) is 0 Å². The Balaban J connectivity index is 2.24. The Labute approximate surface area is 100 Å². The Hall–Kier alpha value is -1.69. The van der Waals surface area contributed by atoms with Crippen molar-refractivity contribution in [2.75, 3.05) is 31.6 Å². The maximum atomic E-state index is 11.8. The number of piperazine rings is 1. The number of aromatic nitrogens is 2. The number of rotatable bonds is 2. The maximum Gasteiger partial charge on any atom is 0.243 e. The summed E-state index contributed by atoms with van der Waals surface area (Å²) < 4.78 is 0. The van der Waals surface area contributed by atoms with Gasteiger partial charge in [-0.3, -0.25) is 4.79 Å². The van der Waals surface area contributed by atoms with E-state index < -0.39 is 0 Å². The van der Waals surface area contributed by atoms with E-state index in [1.165, 1.54) is 0 Å². The van der Waals surface area contributed by atoms with Crippen LogP contribution in [0.3, 0.4) is 0 Å². The minimum Gasteiger partial charge on any atom is -0.357 e. The van der Waals surface area contributed by atoms with Crippen LogP contribution < -0.4 is 15.5 Å². The summed E-state index contributed by atoms with van der Waals surface area (Å²) in [6.07, 6.45) is 1.72. The predicted octanol–water partition coefficient (Wildman–Crippen LogP) is -0.691. The normalized spacial score (nSPS) is 20.1. The van der Waals surface area contributed by atoms with Gasteiger partial charge in [-0.1, -0.05) is 0 Å². The van der Waals surface area contributed by atoms with Gasteiger partial charge in [0.05, 0.1) is 0 Å². The molecule has 2 heterocycles. The summed E-state index contributed by atoms with van der Waals surface area (Å²) >= 11 is 0. The highest BCUT2D eigenvalue weighted by molar-refractivity contribution is 5.85. The third-order valence-corrected chi connectivity index (χ3v) is 2.83. The number of hydrogen-bond donors (Lipinski definition) is 2. The van der Waals surface area contributed by atoms with Crippen LogP contribution in [0.5, 0.6) is 0 Å². The Morgan fingerprint density at radius 1 is 1.65 bits per heavy atom. The van der Waals surface area contributed by atoms with Crippen molar-refractivity contribution in [2.24, 2.45) is 0 Å². The molecule has 0 saturated carbocycles. The lowest BCUT2D eigenvalue weighted by Crippen LogP contribution is -2.58.